The molecular formula is C15H23N5O. The SMILES string of the molecule is CCNc1cc(N(CCC#N)CCOC)nc(C2CC2)n1. The fourth-order valence-electron chi connectivity index (χ4n) is 2.14. The minimum Gasteiger partial charge on any atom is -0.383 e. The Labute approximate surface area is 126 Å². The van der Waals surface area contributed by atoms with Crippen LogP contribution in [0, 0.1) is 11.3 Å². The lowest BCUT2D eigenvalue weighted by Crippen LogP contribution is -2.29. The second-order valence-corrected chi connectivity index (χ2v) is 5.16. The zero-order chi connectivity index (χ0) is 15.1. The number of ether oxygens (including phenoxy) is 1. The standard InChI is InChI=1S/C15H23N5O/c1-3-17-13-11-14(19-15(18-13)12-5-6-12)20(8-4-7-16)9-10-21-2/h11-12H,3-6,8-10H2,1-2H3,(H,17,18,19). The molecule has 0 aliphatic heterocycles. The van der Waals surface area contributed by atoms with Crippen molar-refractivity contribution >= 4 is 11.6 Å². The summed E-state index contributed by atoms with van der Waals surface area (Å²) >= 11 is 0. The van der Waals surface area contributed by atoms with Gasteiger partial charge in [-0.1, -0.05) is 0 Å². The monoisotopic (exact) mass is 289 g/mol. The molecule has 1 aliphatic carbocycles. The van der Waals surface area contributed by atoms with Crippen molar-refractivity contribution in [2.45, 2.75) is 32.1 Å². The molecule has 0 radical (unpaired) electrons. The Morgan fingerprint density at radius 3 is 2.86 bits per heavy atom. The van der Waals surface area contributed by atoms with E-state index in [9.17, 15) is 0 Å². The van der Waals surface area contributed by atoms with Gasteiger partial charge >= 0.3 is 0 Å². The van der Waals surface area contributed by atoms with Gasteiger partial charge in [0, 0.05) is 38.7 Å². The Bertz CT molecular complexity index is 495. The number of hydrogen-bond donors (Lipinski definition) is 1. The summed E-state index contributed by atoms with van der Waals surface area (Å²) < 4.78 is 5.16. The zero-order valence-electron chi connectivity index (χ0n) is 12.8. The van der Waals surface area contributed by atoms with Crippen LogP contribution in [0.15, 0.2) is 6.07 Å². The number of nitrogens with zero attached hydrogens (tertiary/aromatic N) is 4. The van der Waals surface area contributed by atoms with E-state index in [0.29, 0.717) is 25.5 Å². The molecule has 6 heteroatoms. The van der Waals surface area contributed by atoms with E-state index in [4.69, 9.17) is 15.0 Å². The minimum absolute atomic E-state index is 0.475. The number of nitriles is 1. The molecule has 1 heterocycles. The lowest BCUT2D eigenvalue weighted by Gasteiger charge is -2.23. The molecule has 1 aliphatic rings. The zero-order valence-corrected chi connectivity index (χ0v) is 12.8. The van der Waals surface area contributed by atoms with E-state index in [1.807, 2.05) is 6.07 Å². The summed E-state index contributed by atoms with van der Waals surface area (Å²) in [6.45, 7) is 4.88. The number of nitrogens with one attached hydrogen (secondary N) is 1. The molecule has 1 aromatic heterocycles. The van der Waals surface area contributed by atoms with Crippen LogP contribution in [0.2, 0.25) is 0 Å². The van der Waals surface area contributed by atoms with Gasteiger partial charge in [-0.05, 0) is 19.8 Å². The second-order valence-electron chi connectivity index (χ2n) is 5.16. The molecule has 0 saturated heterocycles. The van der Waals surface area contributed by atoms with Gasteiger partial charge in [-0.3, -0.25) is 0 Å². The van der Waals surface area contributed by atoms with Crippen molar-refractivity contribution in [3.05, 3.63) is 11.9 Å². The minimum atomic E-state index is 0.475. The molecular weight excluding hydrogens is 266 g/mol. The van der Waals surface area contributed by atoms with Gasteiger partial charge in [0.2, 0.25) is 0 Å². The van der Waals surface area contributed by atoms with E-state index in [1.54, 1.807) is 7.11 Å². The maximum Gasteiger partial charge on any atom is 0.136 e. The van der Waals surface area contributed by atoms with Gasteiger partial charge in [-0.2, -0.15) is 5.26 Å². The molecule has 0 spiro atoms. The molecule has 1 aromatic rings. The van der Waals surface area contributed by atoms with Crippen molar-refractivity contribution < 1.29 is 4.74 Å². The maximum atomic E-state index is 8.83. The quantitative estimate of drug-likeness (QED) is 0.751. The summed E-state index contributed by atoms with van der Waals surface area (Å²) in [5, 5.41) is 12.1. The van der Waals surface area contributed by atoms with E-state index in [1.165, 1.54) is 12.8 Å². The first-order valence-corrected chi connectivity index (χ1v) is 7.52. The molecule has 0 amide bonds. The van der Waals surface area contributed by atoms with E-state index < -0.39 is 0 Å². The molecule has 0 bridgehead atoms. The van der Waals surface area contributed by atoms with E-state index in [0.717, 1.165) is 30.5 Å². The number of hydrogen-bond acceptors (Lipinski definition) is 6. The van der Waals surface area contributed by atoms with Gasteiger partial charge < -0.3 is 15.0 Å². The summed E-state index contributed by atoms with van der Waals surface area (Å²) in [6, 6.07) is 4.15. The molecule has 1 saturated carbocycles. The lowest BCUT2D eigenvalue weighted by molar-refractivity contribution is 0.205. The maximum absolute atomic E-state index is 8.83. The van der Waals surface area contributed by atoms with Crippen LogP contribution in [-0.4, -0.2) is 43.3 Å². The summed E-state index contributed by atoms with van der Waals surface area (Å²) in [7, 11) is 1.68. The van der Waals surface area contributed by atoms with Gasteiger partial charge in [0.05, 0.1) is 19.1 Å². The molecule has 6 nitrogen and oxygen atoms in total. The fraction of sp³-hybridized carbons (Fsp3) is 0.667. The van der Waals surface area contributed by atoms with Crippen molar-refractivity contribution in [1.29, 1.82) is 5.26 Å². The Morgan fingerprint density at radius 1 is 1.43 bits per heavy atom. The second kappa shape index (κ2) is 7.79. The average molecular weight is 289 g/mol. The molecule has 0 unspecified atom stereocenters. The summed E-state index contributed by atoms with van der Waals surface area (Å²) in [6.07, 6.45) is 2.82. The van der Waals surface area contributed by atoms with Crippen molar-refractivity contribution in [3.63, 3.8) is 0 Å². The highest BCUT2D eigenvalue weighted by molar-refractivity contribution is 5.50. The summed E-state index contributed by atoms with van der Waals surface area (Å²) in [4.78, 5) is 11.4. The molecule has 1 fully saturated rings. The van der Waals surface area contributed by atoms with Crippen molar-refractivity contribution in [2.24, 2.45) is 0 Å². The van der Waals surface area contributed by atoms with Crippen LogP contribution in [0.3, 0.4) is 0 Å². The van der Waals surface area contributed by atoms with Gasteiger partial charge in [-0.25, -0.2) is 9.97 Å². The Morgan fingerprint density at radius 2 is 2.24 bits per heavy atom. The first-order valence-electron chi connectivity index (χ1n) is 7.52. The molecule has 0 aromatic carbocycles. The highest BCUT2D eigenvalue weighted by Crippen LogP contribution is 2.39. The Hall–Kier alpha value is -1.87. The van der Waals surface area contributed by atoms with Crippen LogP contribution in [0.4, 0.5) is 11.6 Å². The normalized spacial score (nSPS) is 13.8. The van der Waals surface area contributed by atoms with Crippen LogP contribution in [0.1, 0.15) is 37.9 Å². The van der Waals surface area contributed by atoms with Crippen LogP contribution in [0.5, 0.6) is 0 Å². The van der Waals surface area contributed by atoms with Crippen molar-refractivity contribution in [1.82, 2.24) is 9.97 Å². The van der Waals surface area contributed by atoms with Gasteiger partial charge in [0.15, 0.2) is 0 Å². The van der Waals surface area contributed by atoms with Gasteiger partial charge in [-0.15, -0.1) is 0 Å². The van der Waals surface area contributed by atoms with Crippen LogP contribution in [-0.2, 0) is 4.74 Å². The van der Waals surface area contributed by atoms with Gasteiger partial charge in [0.25, 0.3) is 0 Å². The van der Waals surface area contributed by atoms with E-state index in [2.05, 4.69) is 28.2 Å². The molecule has 114 valence electrons. The highest BCUT2D eigenvalue weighted by atomic mass is 16.5. The molecule has 21 heavy (non-hydrogen) atoms. The predicted molar refractivity (Wildman–Crippen MR) is 82.5 cm³/mol. The van der Waals surface area contributed by atoms with E-state index >= 15 is 0 Å². The third-order valence-electron chi connectivity index (χ3n) is 3.41. The van der Waals surface area contributed by atoms with E-state index in [-0.39, 0.29) is 0 Å². The molecule has 1 N–H and O–H groups in total. The third-order valence-corrected chi connectivity index (χ3v) is 3.41. The first-order chi connectivity index (χ1) is 10.3. The summed E-state index contributed by atoms with van der Waals surface area (Å²) in [5.74, 6) is 3.17. The van der Waals surface area contributed by atoms with Crippen molar-refractivity contribution in [3.8, 4) is 6.07 Å². The van der Waals surface area contributed by atoms with Gasteiger partial charge in [0.1, 0.15) is 17.5 Å². The smallest absolute Gasteiger partial charge is 0.136 e. The number of methoxy groups -OCH3 is 1. The largest absolute Gasteiger partial charge is 0.383 e. The molecule has 2 rings (SSSR count). The predicted octanol–water partition coefficient (Wildman–Crippen LogP) is 2.15. The third kappa shape index (κ3) is 4.57. The number of aromatic nitrogens is 2. The Kier molecular flexibility index (Phi) is 5.76. The topological polar surface area (TPSA) is 74.1 Å². The van der Waals surface area contributed by atoms with Crippen LogP contribution in [0.25, 0.3) is 0 Å². The Balaban J connectivity index is 2.21. The molecule has 0 atom stereocenters. The highest BCUT2D eigenvalue weighted by Gasteiger charge is 2.28. The average Bonchev–Trinajstić information content (AvgIpc) is 3.32. The van der Waals surface area contributed by atoms with Crippen LogP contribution >= 0.6 is 0 Å². The van der Waals surface area contributed by atoms with Crippen molar-refractivity contribution in [2.75, 3.05) is 43.6 Å². The lowest BCUT2D eigenvalue weighted by atomic mass is 10.3. The first kappa shape index (κ1) is 15.5. The number of anilines is 2. The summed E-state index contributed by atoms with van der Waals surface area (Å²) in [5.41, 5.74) is 0. The fourth-order valence-corrected chi connectivity index (χ4v) is 2.14. The van der Waals surface area contributed by atoms with Crippen LogP contribution < -0.4 is 10.2 Å². The number of rotatable bonds is 9.